The summed E-state index contributed by atoms with van der Waals surface area (Å²) in [4.78, 5) is 12.8. The molecule has 0 saturated carbocycles. The second-order valence-corrected chi connectivity index (χ2v) is 19.0. The Kier molecular flexibility index (Phi) is 36.0. The van der Waals surface area contributed by atoms with Crippen LogP contribution in [0.1, 0.15) is 206 Å². The highest BCUT2D eigenvalue weighted by Crippen LogP contribution is 2.30. The minimum atomic E-state index is -1.79. The minimum absolute atomic E-state index is 0.260. The van der Waals surface area contributed by atoms with Gasteiger partial charge in [-0.05, 0) is 32.1 Å². The number of allylic oxidation sites excluding steroid dienone is 3. The van der Waals surface area contributed by atoms with Crippen LogP contribution < -0.4 is 5.32 Å². The van der Waals surface area contributed by atoms with Crippen molar-refractivity contribution in [3.05, 3.63) is 24.3 Å². The first-order valence-electron chi connectivity index (χ1n) is 26.6. The zero-order valence-corrected chi connectivity index (χ0v) is 41.2. The number of hydrogen-bond acceptors (Lipinski definition) is 13. The lowest BCUT2D eigenvalue weighted by Crippen LogP contribution is -2.65. The van der Waals surface area contributed by atoms with Crippen LogP contribution in [-0.2, 0) is 23.7 Å². The SMILES string of the molecule is CCCCCCCCCCCCCCCCCCCCCCCCC/C=C/CC/C=C/C(O)C(COC1OC(CO)C(OC2OC(CO)C(O)C(O)C2O)C(O)C1O)NC(=O)CCCCC. The van der Waals surface area contributed by atoms with Gasteiger partial charge in [-0.3, -0.25) is 4.79 Å². The predicted octanol–water partition coefficient (Wildman–Crippen LogP) is 7.33. The fraction of sp³-hybridized carbons (Fsp3) is 0.904. The Hall–Kier alpha value is -1.53. The van der Waals surface area contributed by atoms with Crippen molar-refractivity contribution in [2.24, 2.45) is 0 Å². The van der Waals surface area contributed by atoms with Gasteiger partial charge in [0, 0.05) is 6.42 Å². The average molecular weight is 944 g/mol. The molecule has 1 amide bonds. The number of amides is 1. The number of aliphatic hydroxyl groups excluding tert-OH is 8. The topological polar surface area (TPSA) is 228 Å². The molecule has 2 saturated heterocycles. The summed E-state index contributed by atoms with van der Waals surface area (Å²) >= 11 is 0. The molecule has 12 atom stereocenters. The lowest BCUT2D eigenvalue weighted by Gasteiger charge is -2.46. The molecular formula is C52H97NO13. The number of ether oxygens (including phenoxy) is 4. The number of nitrogens with one attached hydrogen (secondary N) is 1. The van der Waals surface area contributed by atoms with Gasteiger partial charge in [0.1, 0.15) is 48.8 Å². The maximum Gasteiger partial charge on any atom is 0.220 e. The first kappa shape index (κ1) is 60.6. The van der Waals surface area contributed by atoms with Gasteiger partial charge in [-0.15, -0.1) is 0 Å². The normalized spacial score (nSPS) is 26.9. The predicted molar refractivity (Wildman–Crippen MR) is 258 cm³/mol. The van der Waals surface area contributed by atoms with Crippen molar-refractivity contribution >= 4 is 5.91 Å². The zero-order chi connectivity index (χ0) is 48.2. The number of aliphatic hydroxyl groups is 8. The van der Waals surface area contributed by atoms with Crippen molar-refractivity contribution in [1.82, 2.24) is 5.32 Å². The summed E-state index contributed by atoms with van der Waals surface area (Å²) in [5, 5.41) is 86.1. The lowest BCUT2D eigenvalue weighted by atomic mass is 9.97. The molecule has 0 aromatic rings. The molecule has 2 aliphatic heterocycles. The van der Waals surface area contributed by atoms with Crippen molar-refractivity contribution in [3.8, 4) is 0 Å². The molecule has 2 fully saturated rings. The summed E-state index contributed by atoms with van der Waals surface area (Å²) in [6.07, 6.45) is 27.9. The highest BCUT2D eigenvalue weighted by molar-refractivity contribution is 5.76. The third-order valence-electron chi connectivity index (χ3n) is 13.1. The van der Waals surface area contributed by atoms with E-state index in [1.54, 1.807) is 6.08 Å². The monoisotopic (exact) mass is 944 g/mol. The molecule has 388 valence electrons. The van der Waals surface area contributed by atoms with Crippen LogP contribution in [0.2, 0.25) is 0 Å². The number of hydrogen-bond donors (Lipinski definition) is 9. The quantitative estimate of drug-likeness (QED) is 0.0216. The van der Waals surface area contributed by atoms with Gasteiger partial charge in [-0.2, -0.15) is 0 Å². The minimum Gasteiger partial charge on any atom is -0.394 e. The van der Waals surface area contributed by atoms with Crippen LogP contribution in [0.4, 0.5) is 0 Å². The van der Waals surface area contributed by atoms with Crippen molar-refractivity contribution in [1.29, 1.82) is 0 Å². The van der Waals surface area contributed by atoms with Crippen molar-refractivity contribution < 1.29 is 64.6 Å². The van der Waals surface area contributed by atoms with Crippen molar-refractivity contribution in [3.63, 3.8) is 0 Å². The van der Waals surface area contributed by atoms with E-state index in [0.717, 1.165) is 25.7 Å². The Morgan fingerprint density at radius 1 is 0.530 bits per heavy atom. The molecule has 0 aromatic carbocycles. The zero-order valence-electron chi connectivity index (χ0n) is 41.2. The fourth-order valence-corrected chi connectivity index (χ4v) is 8.78. The smallest absolute Gasteiger partial charge is 0.220 e. The Labute approximate surface area is 398 Å². The van der Waals surface area contributed by atoms with Crippen LogP contribution in [0.3, 0.4) is 0 Å². The first-order chi connectivity index (χ1) is 32.1. The Morgan fingerprint density at radius 3 is 1.48 bits per heavy atom. The summed E-state index contributed by atoms with van der Waals surface area (Å²) < 4.78 is 22.5. The molecule has 0 aromatic heterocycles. The highest BCUT2D eigenvalue weighted by Gasteiger charge is 2.51. The van der Waals surface area contributed by atoms with Crippen LogP contribution >= 0.6 is 0 Å². The van der Waals surface area contributed by atoms with Gasteiger partial charge in [-0.1, -0.05) is 192 Å². The van der Waals surface area contributed by atoms with Gasteiger partial charge in [-0.25, -0.2) is 0 Å². The first-order valence-corrected chi connectivity index (χ1v) is 26.6. The van der Waals surface area contributed by atoms with E-state index in [2.05, 4.69) is 24.4 Å². The highest BCUT2D eigenvalue weighted by atomic mass is 16.7. The van der Waals surface area contributed by atoms with E-state index in [1.165, 1.54) is 148 Å². The van der Waals surface area contributed by atoms with Crippen molar-refractivity contribution in [2.75, 3.05) is 19.8 Å². The molecule has 2 aliphatic rings. The number of carbonyl (C=O) groups is 1. The maximum absolute atomic E-state index is 12.8. The van der Waals surface area contributed by atoms with Crippen LogP contribution in [0.25, 0.3) is 0 Å². The van der Waals surface area contributed by atoms with E-state index < -0.39 is 86.8 Å². The largest absolute Gasteiger partial charge is 0.394 e. The third-order valence-corrected chi connectivity index (χ3v) is 13.1. The lowest BCUT2D eigenvalue weighted by molar-refractivity contribution is -0.359. The van der Waals surface area contributed by atoms with Crippen molar-refractivity contribution in [2.45, 2.75) is 280 Å². The molecule has 0 aliphatic carbocycles. The van der Waals surface area contributed by atoms with Gasteiger partial charge >= 0.3 is 0 Å². The van der Waals surface area contributed by atoms with Gasteiger partial charge in [0.15, 0.2) is 12.6 Å². The Balaban J connectivity index is 1.61. The second-order valence-electron chi connectivity index (χ2n) is 19.0. The van der Waals surface area contributed by atoms with E-state index in [1.807, 2.05) is 13.0 Å². The number of rotatable bonds is 41. The fourth-order valence-electron chi connectivity index (χ4n) is 8.78. The Morgan fingerprint density at radius 2 is 0.970 bits per heavy atom. The summed E-state index contributed by atoms with van der Waals surface area (Å²) in [6, 6.07) is -0.923. The van der Waals surface area contributed by atoms with Crippen LogP contribution in [0.5, 0.6) is 0 Å². The second kappa shape index (κ2) is 39.2. The van der Waals surface area contributed by atoms with E-state index in [-0.39, 0.29) is 18.9 Å². The van der Waals surface area contributed by atoms with Gasteiger partial charge in [0.25, 0.3) is 0 Å². The molecule has 14 nitrogen and oxygen atoms in total. The summed E-state index contributed by atoms with van der Waals surface area (Å²) in [6.45, 7) is 2.58. The standard InChI is InChI=1S/C52H97NO13/c1-3-5-7-8-9-10-11-12-13-14-15-16-17-18-19-20-21-22-23-24-25-26-27-28-29-30-31-32-34-35-41(56)40(53-44(57)36-33-6-4-2)39-63-51-49(62)47(60)50(43(38-55)65-51)66-52-48(61)46(59)45(58)42(37-54)64-52/h29-30,34-35,40-43,45-52,54-56,58-62H,3-28,31-33,36-39H2,1-2H3,(H,53,57)/b30-29+,35-34+. The maximum atomic E-state index is 12.8. The molecule has 0 radical (unpaired) electrons. The molecular weight excluding hydrogens is 847 g/mol. The van der Waals surface area contributed by atoms with Crippen LogP contribution in [-0.4, -0.2) is 140 Å². The van der Waals surface area contributed by atoms with Gasteiger partial charge in [0.05, 0.1) is 32.0 Å². The van der Waals surface area contributed by atoms with Gasteiger partial charge in [0.2, 0.25) is 5.91 Å². The van der Waals surface area contributed by atoms with E-state index >= 15 is 0 Å². The molecule has 9 N–H and O–H groups in total. The summed E-state index contributed by atoms with van der Waals surface area (Å²) in [7, 11) is 0. The van der Waals surface area contributed by atoms with Gasteiger partial charge < -0.3 is 65.1 Å². The van der Waals surface area contributed by atoms with E-state index in [4.69, 9.17) is 18.9 Å². The van der Waals surface area contributed by atoms with Crippen LogP contribution in [0, 0.1) is 0 Å². The molecule has 2 heterocycles. The summed E-state index contributed by atoms with van der Waals surface area (Å²) in [5.74, 6) is -0.274. The molecule has 0 spiro atoms. The average Bonchev–Trinajstić information content (AvgIpc) is 3.31. The number of unbranched alkanes of at least 4 members (excludes halogenated alkanes) is 26. The molecule has 14 heteroatoms. The van der Waals surface area contributed by atoms with Crippen LogP contribution in [0.15, 0.2) is 24.3 Å². The van der Waals surface area contributed by atoms with E-state index in [9.17, 15) is 45.6 Å². The summed E-state index contributed by atoms with van der Waals surface area (Å²) in [5.41, 5.74) is 0. The molecule has 2 rings (SSSR count). The third kappa shape index (κ3) is 25.9. The molecule has 12 unspecified atom stereocenters. The molecule has 0 bridgehead atoms. The molecule has 66 heavy (non-hydrogen) atoms. The Bertz CT molecular complexity index is 1210. The number of carbonyl (C=O) groups excluding carboxylic acids is 1. The van der Waals surface area contributed by atoms with E-state index in [0.29, 0.717) is 12.8 Å².